The predicted octanol–water partition coefficient (Wildman–Crippen LogP) is 1.76. The van der Waals surface area contributed by atoms with Gasteiger partial charge in [0.05, 0.1) is 5.92 Å². The predicted molar refractivity (Wildman–Crippen MR) is 78.1 cm³/mol. The number of amides is 1. The SMILES string of the molecule is CC(C)C[C@H](CN)CC(=O)NC1CCC(C(=O)O)CC1. The van der Waals surface area contributed by atoms with Crippen molar-refractivity contribution in [3.8, 4) is 0 Å². The number of nitrogens with one attached hydrogen (secondary N) is 1. The summed E-state index contributed by atoms with van der Waals surface area (Å²) in [5, 5.41) is 12.0. The molecule has 116 valence electrons. The molecule has 5 heteroatoms. The second-order valence-electron chi connectivity index (χ2n) is 6.39. The van der Waals surface area contributed by atoms with E-state index in [2.05, 4.69) is 19.2 Å². The summed E-state index contributed by atoms with van der Waals surface area (Å²) in [5.74, 6) is -0.108. The van der Waals surface area contributed by atoms with Crippen molar-refractivity contribution in [3.63, 3.8) is 0 Å². The lowest BCUT2D eigenvalue weighted by atomic mass is 9.86. The molecule has 1 aliphatic rings. The largest absolute Gasteiger partial charge is 0.481 e. The van der Waals surface area contributed by atoms with E-state index in [-0.39, 0.29) is 23.8 Å². The molecule has 1 amide bonds. The molecule has 0 aromatic rings. The molecule has 0 heterocycles. The zero-order chi connectivity index (χ0) is 15.1. The molecule has 1 saturated carbocycles. The zero-order valence-corrected chi connectivity index (χ0v) is 12.6. The first-order valence-electron chi connectivity index (χ1n) is 7.64. The third kappa shape index (κ3) is 5.90. The standard InChI is InChI=1S/C15H28N2O3/c1-10(2)7-11(9-16)8-14(18)17-13-5-3-12(4-6-13)15(19)20/h10-13H,3-9,16H2,1-2H3,(H,17,18)(H,19,20)/t11-,12?,13?/m0/s1. The van der Waals surface area contributed by atoms with Crippen LogP contribution in [0.1, 0.15) is 52.4 Å². The Hall–Kier alpha value is -1.10. The first-order chi connectivity index (χ1) is 9.42. The number of hydrogen-bond acceptors (Lipinski definition) is 3. The Morgan fingerprint density at radius 1 is 1.25 bits per heavy atom. The molecule has 1 fully saturated rings. The van der Waals surface area contributed by atoms with Gasteiger partial charge in [0.25, 0.3) is 0 Å². The van der Waals surface area contributed by atoms with Gasteiger partial charge >= 0.3 is 5.97 Å². The normalized spacial score (nSPS) is 24.4. The van der Waals surface area contributed by atoms with Crippen LogP contribution in [0.2, 0.25) is 0 Å². The second kappa shape index (κ2) is 8.25. The number of carboxylic acid groups (broad SMARTS) is 1. The van der Waals surface area contributed by atoms with Gasteiger partial charge in [0.1, 0.15) is 0 Å². The van der Waals surface area contributed by atoms with Crippen LogP contribution in [-0.2, 0) is 9.59 Å². The minimum atomic E-state index is -0.713. The van der Waals surface area contributed by atoms with E-state index < -0.39 is 5.97 Å². The van der Waals surface area contributed by atoms with E-state index in [9.17, 15) is 9.59 Å². The fourth-order valence-electron chi connectivity index (χ4n) is 2.96. The third-order valence-electron chi connectivity index (χ3n) is 4.05. The fourth-order valence-corrected chi connectivity index (χ4v) is 2.96. The average molecular weight is 284 g/mol. The van der Waals surface area contributed by atoms with Crippen LogP contribution in [0.3, 0.4) is 0 Å². The lowest BCUT2D eigenvalue weighted by Gasteiger charge is -2.27. The van der Waals surface area contributed by atoms with E-state index in [0.29, 0.717) is 31.7 Å². The second-order valence-corrected chi connectivity index (χ2v) is 6.39. The minimum Gasteiger partial charge on any atom is -0.481 e. The monoisotopic (exact) mass is 284 g/mol. The maximum Gasteiger partial charge on any atom is 0.306 e. The Bertz CT molecular complexity index is 323. The zero-order valence-electron chi connectivity index (χ0n) is 12.6. The first kappa shape index (κ1) is 17.0. The van der Waals surface area contributed by atoms with Gasteiger partial charge < -0.3 is 16.2 Å². The summed E-state index contributed by atoms with van der Waals surface area (Å²) < 4.78 is 0. The minimum absolute atomic E-state index is 0.0554. The molecule has 0 aliphatic heterocycles. The van der Waals surface area contributed by atoms with Gasteiger partial charge in [0.15, 0.2) is 0 Å². The van der Waals surface area contributed by atoms with Gasteiger partial charge in [-0.3, -0.25) is 9.59 Å². The number of rotatable bonds is 7. The number of carbonyl (C=O) groups is 2. The molecule has 5 nitrogen and oxygen atoms in total. The van der Waals surface area contributed by atoms with Crippen molar-refractivity contribution in [1.82, 2.24) is 5.32 Å². The van der Waals surface area contributed by atoms with Crippen LogP contribution in [0, 0.1) is 17.8 Å². The van der Waals surface area contributed by atoms with Crippen molar-refractivity contribution < 1.29 is 14.7 Å². The summed E-state index contributed by atoms with van der Waals surface area (Å²) in [4.78, 5) is 22.9. The number of carboxylic acids is 1. The molecule has 0 saturated heterocycles. The van der Waals surface area contributed by atoms with Crippen LogP contribution in [0.25, 0.3) is 0 Å². The van der Waals surface area contributed by atoms with Gasteiger partial charge in [-0.1, -0.05) is 13.8 Å². The molecule has 20 heavy (non-hydrogen) atoms. The molecule has 0 aromatic heterocycles. The molecular weight excluding hydrogens is 256 g/mol. The highest BCUT2D eigenvalue weighted by Gasteiger charge is 2.27. The van der Waals surface area contributed by atoms with Crippen LogP contribution in [0.4, 0.5) is 0 Å². The van der Waals surface area contributed by atoms with Crippen molar-refractivity contribution in [1.29, 1.82) is 0 Å². The molecule has 0 unspecified atom stereocenters. The smallest absolute Gasteiger partial charge is 0.306 e. The Morgan fingerprint density at radius 3 is 2.30 bits per heavy atom. The van der Waals surface area contributed by atoms with E-state index in [1.165, 1.54) is 0 Å². The van der Waals surface area contributed by atoms with Crippen LogP contribution >= 0.6 is 0 Å². The quantitative estimate of drug-likeness (QED) is 0.664. The number of carbonyl (C=O) groups excluding carboxylic acids is 1. The summed E-state index contributed by atoms with van der Waals surface area (Å²) in [6.07, 6.45) is 4.29. The fraction of sp³-hybridized carbons (Fsp3) is 0.867. The van der Waals surface area contributed by atoms with Crippen molar-refractivity contribution in [3.05, 3.63) is 0 Å². The van der Waals surface area contributed by atoms with Gasteiger partial charge in [0, 0.05) is 12.5 Å². The van der Waals surface area contributed by atoms with E-state index in [1.807, 2.05) is 0 Å². The molecular formula is C15H28N2O3. The summed E-state index contributed by atoms with van der Waals surface area (Å²) in [6, 6.07) is 0.135. The van der Waals surface area contributed by atoms with Gasteiger partial charge in [-0.2, -0.15) is 0 Å². The Kier molecular flexibility index (Phi) is 6.99. The molecule has 0 spiro atoms. The first-order valence-corrected chi connectivity index (χ1v) is 7.64. The van der Waals surface area contributed by atoms with Crippen LogP contribution in [-0.4, -0.2) is 29.6 Å². The molecule has 4 N–H and O–H groups in total. The van der Waals surface area contributed by atoms with Crippen molar-refractivity contribution >= 4 is 11.9 Å². The highest BCUT2D eigenvalue weighted by Crippen LogP contribution is 2.24. The van der Waals surface area contributed by atoms with E-state index in [1.54, 1.807) is 0 Å². The lowest BCUT2D eigenvalue weighted by molar-refractivity contribution is -0.142. The number of nitrogens with two attached hydrogens (primary N) is 1. The van der Waals surface area contributed by atoms with Gasteiger partial charge in [-0.15, -0.1) is 0 Å². The lowest BCUT2D eigenvalue weighted by Crippen LogP contribution is -2.40. The van der Waals surface area contributed by atoms with Crippen LogP contribution in [0.15, 0.2) is 0 Å². The molecule has 1 aliphatic carbocycles. The van der Waals surface area contributed by atoms with Gasteiger partial charge in [-0.25, -0.2) is 0 Å². The molecule has 0 aromatic carbocycles. The summed E-state index contributed by atoms with van der Waals surface area (Å²) >= 11 is 0. The summed E-state index contributed by atoms with van der Waals surface area (Å²) in [7, 11) is 0. The van der Waals surface area contributed by atoms with Crippen LogP contribution in [0.5, 0.6) is 0 Å². The maximum absolute atomic E-state index is 12.0. The number of hydrogen-bond donors (Lipinski definition) is 3. The highest BCUT2D eigenvalue weighted by atomic mass is 16.4. The topological polar surface area (TPSA) is 92.4 Å². The van der Waals surface area contributed by atoms with E-state index in [0.717, 1.165) is 19.3 Å². The Labute approximate surface area is 121 Å². The average Bonchev–Trinajstić information content (AvgIpc) is 2.37. The molecule has 0 radical (unpaired) electrons. The third-order valence-corrected chi connectivity index (χ3v) is 4.05. The van der Waals surface area contributed by atoms with Crippen molar-refractivity contribution in [2.24, 2.45) is 23.5 Å². The van der Waals surface area contributed by atoms with Crippen LogP contribution < -0.4 is 11.1 Å². The van der Waals surface area contributed by atoms with E-state index >= 15 is 0 Å². The van der Waals surface area contributed by atoms with Gasteiger partial charge in [-0.05, 0) is 50.5 Å². The molecule has 1 atom stereocenters. The van der Waals surface area contributed by atoms with Crippen molar-refractivity contribution in [2.75, 3.05) is 6.54 Å². The van der Waals surface area contributed by atoms with Gasteiger partial charge in [0.2, 0.25) is 5.91 Å². The number of aliphatic carboxylic acids is 1. The molecule has 1 rings (SSSR count). The summed E-state index contributed by atoms with van der Waals surface area (Å²) in [5.41, 5.74) is 5.71. The molecule has 0 bridgehead atoms. The highest BCUT2D eigenvalue weighted by molar-refractivity contribution is 5.76. The van der Waals surface area contributed by atoms with E-state index in [4.69, 9.17) is 10.8 Å². The Morgan fingerprint density at radius 2 is 1.85 bits per heavy atom. The Balaban J connectivity index is 2.30. The summed E-state index contributed by atoms with van der Waals surface area (Å²) in [6.45, 7) is 4.80. The van der Waals surface area contributed by atoms with Crippen molar-refractivity contribution in [2.45, 2.75) is 58.4 Å². The maximum atomic E-state index is 12.0.